The van der Waals surface area contributed by atoms with Crippen molar-refractivity contribution in [2.45, 2.75) is 13.5 Å². The first-order chi connectivity index (χ1) is 10.1. The molecular formula is C13H11N5O3. The van der Waals surface area contributed by atoms with Crippen LogP contribution in [0.4, 0.5) is 0 Å². The molecule has 8 heteroatoms. The Kier molecular flexibility index (Phi) is 3.19. The van der Waals surface area contributed by atoms with Crippen molar-refractivity contribution in [3.8, 4) is 11.4 Å². The molecule has 0 saturated carbocycles. The molecule has 0 spiro atoms. The van der Waals surface area contributed by atoms with E-state index in [4.69, 9.17) is 9.63 Å². The van der Waals surface area contributed by atoms with Crippen molar-refractivity contribution in [2.75, 3.05) is 0 Å². The van der Waals surface area contributed by atoms with Gasteiger partial charge in [0.2, 0.25) is 11.7 Å². The molecule has 0 aliphatic rings. The summed E-state index contributed by atoms with van der Waals surface area (Å²) in [4.78, 5) is 15.2. The Morgan fingerprint density at radius 2 is 2.10 bits per heavy atom. The van der Waals surface area contributed by atoms with Crippen LogP contribution in [0.2, 0.25) is 0 Å². The number of carboxylic acid groups (broad SMARTS) is 1. The van der Waals surface area contributed by atoms with Crippen molar-refractivity contribution in [2.24, 2.45) is 0 Å². The van der Waals surface area contributed by atoms with Crippen molar-refractivity contribution in [3.63, 3.8) is 0 Å². The van der Waals surface area contributed by atoms with Crippen LogP contribution in [-0.2, 0) is 6.54 Å². The van der Waals surface area contributed by atoms with Gasteiger partial charge in [-0.1, -0.05) is 40.7 Å². The molecule has 2 heterocycles. The largest absolute Gasteiger partial charge is 0.476 e. The fourth-order valence-corrected chi connectivity index (χ4v) is 1.86. The van der Waals surface area contributed by atoms with Crippen molar-refractivity contribution in [1.29, 1.82) is 0 Å². The van der Waals surface area contributed by atoms with Crippen LogP contribution in [0.5, 0.6) is 0 Å². The molecule has 0 atom stereocenters. The third-order valence-corrected chi connectivity index (χ3v) is 2.97. The second-order valence-electron chi connectivity index (χ2n) is 4.36. The van der Waals surface area contributed by atoms with E-state index in [1.165, 1.54) is 4.68 Å². The van der Waals surface area contributed by atoms with E-state index in [0.717, 1.165) is 5.56 Å². The van der Waals surface area contributed by atoms with Gasteiger partial charge in [-0.25, -0.2) is 9.48 Å². The Morgan fingerprint density at radius 3 is 2.76 bits per heavy atom. The molecule has 0 radical (unpaired) electrons. The minimum absolute atomic E-state index is 0.0854. The molecule has 8 nitrogen and oxygen atoms in total. The Balaban J connectivity index is 1.84. The van der Waals surface area contributed by atoms with Crippen LogP contribution in [0.25, 0.3) is 11.4 Å². The highest BCUT2D eigenvalue weighted by Crippen LogP contribution is 2.15. The molecule has 0 unspecified atom stereocenters. The highest BCUT2D eigenvalue weighted by Gasteiger charge is 2.17. The predicted octanol–water partition coefficient (Wildman–Crippen LogP) is 1.38. The topological polar surface area (TPSA) is 107 Å². The minimum atomic E-state index is -1.12. The van der Waals surface area contributed by atoms with Crippen LogP contribution in [-0.4, -0.2) is 36.2 Å². The number of carboxylic acids is 1. The van der Waals surface area contributed by atoms with Crippen LogP contribution in [0, 0.1) is 6.92 Å². The van der Waals surface area contributed by atoms with Gasteiger partial charge in [0.25, 0.3) is 0 Å². The number of aromatic carboxylic acids is 1. The second kappa shape index (κ2) is 5.16. The van der Waals surface area contributed by atoms with E-state index in [1.807, 2.05) is 30.3 Å². The summed E-state index contributed by atoms with van der Waals surface area (Å²) in [5.74, 6) is -0.310. The molecule has 21 heavy (non-hydrogen) atoms. The van der Waals surface area contributed by atoms with Gasteiger partial charge in [0.05, 0.1) is 5.69 Å². The molecule has 2 aromatic heterocycles. The zero-order valence-corrected chi connectivity index (χ0v) is 11.1. The lowest BCUT2D eigenvalue weighted by Crippen LogP contribution is -2.06. The summed E-state index contributed by atoms with van der Waals surface area (Å²) < 4.78 is 6.56. The SMILES string of the molecule is Cc1c(C(=O)O)nnn1Cc1nc(-c2ccccc2)no1. The standard InChI is InChI=1S/C13H11N5O3/c1-8-11(13(19)20)15-17-18(8)7-10-14-12(16-21-10)9-5-3-2-4-6-9/h2-6H,7H2,1H3,(H,19,20). The van der Waals surface area contributed by atoms with Crippen molar-refractivity contribution >= 4 is 5.97 Å². The van der Waals surface area contributed by atoms with Crippen LogP contribution in [0.15, 0.2) is 34.9 Å². The van der Waals surface area contributed by atoms with Gasteiger partial charge in [-0.05, 0) is 6.92 Å². The third-order valence-electron chi connectivity index (χ3n) is 2.97. The molecule has 3 rings (SSSR count). The summed E-state index contributed by atoms with van der Waals surface area (Å²) in [6.07, 6.45) is 0. The smallest absolute Gasteiger partial charge is 0.358 e. The molecular weight excluding hydrogens is 274 g/mol. The van der Waals surface area contributed by atoms with Gasteiger partial charge in [-0.15, -0.1) is 5.10 Å². The zero-order valence-electron chi connectivity index (χ0n) is 11.1. The van der Waals surface area contributed by atoms with E-state index in [9.17, 15) is 4.79 Å². The predicted molar refractivity (Wildman–Crippen MR) is 70.6 cm³/mol. The van der Waals surface area contributed by atoms with E-state index < -0.39 is 5.97 Å². The Morgan fingerprint density at radius 1 is 1.33 bits per heavy atom. The molecule has 0 bridgehead atoms. The average molecular weight is 285 g/mol. The number of hydrogen-bond donors (Lipinski definition) is 1. The molecule has 0 aliphatic heterocycles. The highest BCUT2D eigenvalue weighted by atomic mass is 16.5. The molecule has 106 valence electrons. The Bertz CT molecular complexity index is 778. The molecule has 1 aromatic carbocycles. The maximum atomic E-state index is 10.9. The van der Waals surface area contributed by atoms with Crippen molar-refractivity contribution in [3.05, 3.63) is 47.6 Å². The maximum Gasteiger partial charge on any atom is 0.358 e. The monoisotopic (exact) mass is 285 g/mol. The number of benzene rings is 1. The van der Waals surface area contributed by atoms with Crippen LogP contribution in [0.3, 0.4) is 0 Å². The quantitative estimate of drug-likeness (QED) is 0.771. The van der Waals surface area contributed by atoms with E-state index in [0.29, 0.717) is 17.4 Å². The summed E-state index contributed by atoms with van der Waals surface area (Å²) in [5, 5.41) is 20.2. The Hall–Kier alpha value is -3.03. The summed E-state index contributed by atoms with van der Waals surface area (Å²) in [7, 11) is 0. The number of carbonyl (C=O) groups is 1. The lowest BCUT2D eigenvalue weighted by Gasteiger charge is -1.97. The lowest BCUT2D eigenvalue weighted by atomic mass is 10.2. The highest BCUT2D eigenvalue weighted by molar-refractivity contribution is 5.86. The Labute approximate surface area is 119 Å². The van der Waals surface area contributed by atoms with E-state index in [2.05, 4.69) is 20.5 Å². The zero-order chi connectivity index (χ0) is 14.8. The molecule has 1 N–H and O–H groups in total. The van der Waals surface area contributed by atoms with Gasteiger partial charge in [-0.3, -0.25) is 0 Å². The van der Waals surface area contributed by atoms with E-state index in [-0.39, 0.29) is 12.2 Å². The van der Waals surface area contributed by atoms with Crippen LogP contribution < -0.4 is 0 Å². The normalized spacial score (nSPS) is 10.7. The molecule has 0 saturated heterocycles. The van der Waals surface area contributed by atoms with Crippen LogP contribution in [0.1, 0.15) is 22.1 Å². The molecule has 0 amide bonds. The van der Waals surface area contributed by atoms with Gasteiger partial charge in [0, 0.05) is 5.56 Å². The summed E-state index contributed by atoms with van der Waals surface area (Å²) in [5.41, 5.74) is 1.19. The summed E-state index contributed by atoms with van der Waals surface area (Å²) in [6.45, 7) is 1.80. The molecule has 0 aliphatic carbocycles. The van der Waals surface area contributed by atoms with Crippen LogP contribution >= 0.6 is 0 Å². The van der Waals surface area contributed by atoms with E-state index in [1.54, 1.807) is 6.92 Å². The average Bonchev–Trinajstić information content (AvgIpc) is 3.08. The summed E-state index contributed by atoms with van der Waals surface area (Å²) >= 11 is 0. The number of rotatable bonds is 4. The number of nitrogens with zero attached hydrogens (tertiary/aromatic N) is 5. The number of aromatic nitrogens is 5. The molecule has 0 fully saturated rings. The number of hydrogen-bond acceptors (Lipinski definition) is 6. The van der Waals surface area contributed by atoms with Gasteiger partial charge in [0.15, 0.2) is 5.69 Å². The van der Waals surface area contributed by atoms with E-state index >= 15 is 0 Å². The fourth-order valence-electron chi connectivity index (χ4n) is 1.86. The summed E-state index contributed by atoms with van der Waals surface area (Å²) in [6, 6.07) is 9.41. The van der Waals surface area contributed by atoms with Gasteiger partial charge in [-0.2, -0.15) is 4.98 Å². The van der Waals surface area contributed by atoms with Gasteiger partial charge >= 0.3 is 5.97 Å². The van der Waals surface area contributed by atoms with Crippen molar-refractivity contribution < 1.29 is 14.4 Å². The first-order valence-corrected chi connectivity index (χ1v) is 6.16. The second-order valence-corrected chi connectivity index (χ2v) is 4.36. The first kappa shape index (κ1) is 13.0. The maximum absolute atomic E-state index is 10.9. The third kappa shape index (κ3) is 2.50. The van der Waals surface area contributed by atoms with Gasteiger partial charge < -0.3 is 9.63 Å². The fraction of sp³-hybridized carbons (Fsp3) is 0.154. The lowest BCUT2D eigenvalue weighted by molar-refractivity contribution is 0.0689. The first-order valence-electron chi connectivity index (χ1n) is 6.16. The minimum Gasteiger partial charge on any atom is -0.476 e. The molecule has 3 aromatic rings. The van der Waals surface area contributed by atoms with Gasteiger partial charge in [0.1, 0.15) is 6.54 Å². The van der Waals surface area contributed by atoms with Crippen molar-refractivity contribution in [1.82, 2.24) is 25.1 Å².